The Morgan fingerprint density at radius 2 is 0.778 bits per heavy atom. The third-order valence-corrected chi connectivity index (χ3v) is 9.64. The van der Waals surface area contributed by atoms with Gasteiger partial charge in [-0.1, -0.05) is 167 Å². The molecule has 0 saturated carbocycles. The monoisotopic (exact) mass is 631 g/mol. The Bertz CT molecular complexity index is 626. The van der Waals surface area contributed by atoms with Crippen LogP contribution in [0.1, 0.15) is 213 Å². The van der Waals surface area contributed by atoms with Gasteiger partial charge in [0.2, 0.25) is 5.91 Å². The van der Waals surface area contributed by atoms with Crippen LogP contribution in [-0.4, -0.2) is 31.4 Å². The van der Waals surface area contributed by atoms with E-state index >= 15 is 0 Å². The van der Waals surface area contributed by atoms with E-state index in [1.807, 2.05) is 0 Å². The van der Waals surface area contributed by atoms with E-state index in [9.17, 15) is 4.79 Å². The van der Waals surface area contributed by atoms with Gasteiger partial charge in [0, 0.05) is 13.0 Å². The molecule has 3 heteroatoms. The molecule has 45 heavy (non-hydrogen) atoms. The first-order chi connectivity index (χ1) is 22.0. The number of nitrogens with zero attached hydrogens (tertiary/aromatic N) is 1. The van der Waals surface area contributed by atoms with Crippen LogP contribution in [0.2, 0.25) is 0 Å². The van der Waals surface area contributed by atoms with E-state index in [2.05, 4.69) is 57.1 Å². The molecule has 0 heterocycles. The highest BCUT2D eigenvalue weighted by atomic mass is 16.1. The molecule has 0 saturated heterocycles. The van der Waals surface area contributed by atoms with Crippen molar-refractivity contribution in [1.29, 1.82) is 0 Å². The minimum absolute atomic E-state index is 0.0525. The first-order valence-electron chi connectivity index (χ1n) is 20.2. The average Bonchev–Trinajstić information content (AvgIpc) is 3.00. The number of rotatable bonds is 36. The van der Waals surface area contributed by atoms with Crippen molar-refractivity contribution in [2.24, 2.45) is 11.1 Å². The van der Waals surface area contributed by atoms with Crippen LogP contribution in [0.4, 0.5) is 0 Å². The van der Waals surface area contributed by atoms with E-state index in [1.165, 1.54) is 180 Å². The third-order valence-electron chi connectivity index (χ3n) is 9.64. The number of hydrogen-bond acceptors (Lipinski definition) is 2. The van der Waals surface area contributed by atoms with Crippen molar-refractivity contribution in [3.05, 3.63) is 24.3 Å². The molecule has 0 radical (unpaired) electrons. The van der Waals surface area contributed by atoms with E-state index < -0.39 is 0 Å². The molecule has 0 unspecified atom stereocenters. The maximum Gasteiger partial charge on any atom is 0.218 e. The first-order valence-corrected chi connectivity index (χ1v) is 20.2. The first kappa shape index (κ1) is 43.9. The van der Waals surface area contributed by atoms with E-state index in [1.54, 1.807) is 0 Å². The number of hydrogen-bond donors (Lipinski definition) is 1. The van der Waals surface area contributed by atoms with Crippen molar-refractivity contribution in [3.63, 3.8) is 0 Å². The van der Waals surface area contributed by atoms with Crippen LogP contribution in [0, 0.1) is 5.41 Å². The van der Waals surface area contributed by atoms with Crippen LogP contribution in [-0.2, 0) is 4.79 Å². The van der Waals surface area contributed by atoms with Gasteiger partial charge in [-0.2, -0.15) is 0 Å². The standard InChI is InChI=1S/C42H82N2O/c1-5-7-9-11-13-15-17-19-21-23-25-27-29-31-33-35-37-42(39-41(43)45,40-44(3)4)38-36-34-32-30-28-26-24-22-20-18-16-14-12-10-8-6-2/h19-22H,5-18,23-40H2,1-4H3,(H2,43,45)/b21-19-,22-20-. The zero-order chi connectivity index (χ0) is 33.1. The third kappa shape index (κ3) is 32.6. The maximum absolute atomic E-state index is 12.1. The average molecular weight is 631 g/mol. The molecule has 0 spiro atoms. The van der Waals surface area contributed by atoms with Crippen molar-refractivity contribution < 1.29 is 4.79 Å². The fourth-order valence-electron chi connectivity index (χ4n) is 7.05. The van der Waals surface area contributed by atoms with Gasteiger partial charge in [0.1, 0.15) is 0 Å². The number of nitrogens with two attached hydrogens (primary N) is 1. The predicted molar refractivity (Wildman–Crippen MR) is 203 cm³/mol. The Labute approximate surface area is 284 Å². The van der Waals surface area contributed by atoms with E-state index in [4.69, 9.17) is 5.73 Å². The van der Waals surface area contributed by atoms with Crippen molar-refractivity contribution in [2.45, 2.75) is 213 Å². The molecule has 0 aliphatic rings. The summed E-state index contributed by atoms with van der Waals surface area (Å²) in [6, 6.07) is 0. The molecule has 266 valence electrons. The summed E-state index contributed by atoms with van der Waals surface area (Å²) in [6.45, 7) is 5.55. The van der Waals surface area contributed by atoms with Crippen LogP contribution in [0.3, 0.4) is 0 Å². The van der Waals surface area contributed by atoms with Crippen molar-refractivity contribution >= 4 is 5.91 Å². The topological polar surface area (TPSA) is 46.3 Å². The van der Waals surface area contributed by atoms with Crippen molar-refractivity contribution in [3.8, 4) is 0 Å². The van der Waals surface area contributed by atoms with Crippen molar-refractivity contribution in [2.75, 3.05) is 20.6 Å². The minimum Gasteiger partial charge on any atom is -0.370 e. The Kier molecular flexibility index (Phi) is 33.4. The van der Waals surface area contributed by atoms with Gasteiger partial charge in [-0.25, -0.2) is 0 Å². The van der Waals surface area contributed by atoms with Crippen LogP contribution in [0.25, 0.3) is 0 Å². The van der Waals surface area contributed by atoms with Gasteiger partial charge in [-0.05, 0) is 83.7 Å². The lowest BCUT2D eigenvalue weighted by atomic mass is 9.74. The zero-order valence-corrected chi connectivity index (χ0v) is 31.4. The molecule has 0 atom stereocenters. The fraction of sp³-hybridized carbons (Fsp3) is 0.881. The van der Waals surface area contributed by atoms with Crippen LogP contribution in [0.5, 0.6) is 0 Å². The quantitative estimate of drug-likeness (QED) is 0.0553. The van der Waals surface area contributed by atoms with Gasteiger partial charge in [0.05, 0.1) is 0 Å². The van der Waals surface area contributed by atoms with Crippen molar-refractivity contribution in [1.82, 2.24) is 4.90 Å². The van der Waals surface area contributed by atoms with Gasteiger partial charge >= 0.3 is 0 Å². The maximum atomic E-state index is 12.1. The molecule has 0 aromatic heterocycles. The lowest BCUT2D eigenvalue weighted by Crippen LogP contribution is -2.37. The van der Waals surface area contributed by atoms with Gasteiger partial charge in [0.25, 0.3) is 0 Å². The molecule has 3 nitrogen and oxygen atoms in total. The summed E-state index contributed by atoms with van der Waals surface area (Å²) in [6.07, 6.45) is 49.9. The second-order valence-electron chi connectivity index (χ2n) is 14.8. The highest BCUT2D eigenvalue weighted by molar-refractivity contribution is 5.74. The molecule has 0 aliphatic heterocycles. The lowest BCUT2D eigenvalue weighted by Gasteiger charge is -2.36. The van der Waals surface area contributed by atoms with Crippen LogP contribution >= 0.6 is 0 Å². The Morgan fingerprint density at radius 3 is 1.07 bits per heavy atom. The highest BCUT2D eigenvalue weighted by Crippen LogP contribution is 2.36. The minimum atomic E-state index is -0.119. The number of primary amides is 1. The summed E-state index contributed by atoms with van der Waals surface area (Å²) in [5, 5.41) is 0. The summed E-state index contributed by atoms with van der Waals surface area (Å²) in [7, 11) is 4.31. The van der Waals surface area contributed by atoms with Gasteiger partial charge in [0.15, 0.2) is 0 Å². The lowest BCUT2D eigenvalue weighted by molar-refractivity contribution is -0.120. The molecular weight excluding hydrogens is 548 g/mol. The molecule has 1 amide bonds. The largest absolute Gasteiger partial charge is 0.370 e. The molecule has 0 aromatic rings. The summed E-state index contributed by atoms with van der Waals surface area (Å²) in [4.78, 5) is 14.4. The number of unbranched alkanes of at least 4 members (excludes halogenated alkanes) is 24. The summed E-state index contributed by atoms with van der Waals surface area (Å²) in [5.74, 6) is -0.119. The number of amides is 1. The normalized spacial score (nSPS) is 12.4. The second kappa shape index (κ2) is 34.3. The second-order valence-corrected chi connectivity index (χ2v) is 14.8. The Balaban J connectivity index is 4.06. The predicted octanol–water partition coefficient (Wildman–Crippen LogP) is 13.3. The molecule has 0 aliphatic carbocycles. The summed E-state index contributed by atoms with van der Waals surface area (Å²) in [5.41, 5.74) is 5.86. The smallest absolute Gasteiger partial charge is 0.218 e. The number of carbonyl (C=O) groups excluding carboxylic acids is 1. The molecular formula is C42H82N2O. The molecule has 0 fully saturated rings. The van der Waals surface area contributed by atoms with E-state index in [-0.39, 0.29) is 11.3 Å². The summed E-state index contributed by atoms with van der Waals surface area (Å²) >= 11 is 0. The van der Waals surface area contributed by atoms with Gasteiger partial charge < -0.3 is 10.6 Å². The number of allylic oxidation sites excluding steroid dienone is 4. The van der Waals surface area contributed by atoms with Gasteiger partial charge in [-0.15, -0.1) is 0 Å². The van der Waals surface area contributed by atoms with Crippen LogP contribution in [0.15, 0.2) is 24.3 Å². The number of carbonyl (C=O) groups is 1. The molecule has 0 aromatic carbocycles. The van der Waals surface area contributed by atoms with Gasteiger partial charge in [-0.3, -0.25) is 4.79 Å². The molecule has 0 rings (SSSR count). The Hall–Kier alpha value is -1.09. The summed E-state index contributed by atoms with van der Waals surface area (Å²) < 4.78 is 0. The van der Waals surface area contributed by atoms with E-state index in [0.717, 1.165) is 19.4 Å². The SMILES string of the molecule is CCCCCCCC/C=C\CCCCCCCCC(CCCCCCCC/C=C\CCCCCCCC)(CC(N)=O)CN(C)C. The fourth-order valence-corrected chi connectivity index (χ4v) is 7.05. The molecule has 2 N–H and O–H groups in total. The van der Waals surface area contributed by atoms with E-state index in [0.29, 0.717) is 6.42 Å². The van der Waals surface area contributed by atoms with Crippen LogP contribution < -0.4 is 5.73 Å². The zero-order valence-electron chi connectivity index (χ0n) is 31.4. The Morgan fingerprint density at radius 1 is 0.489 bits per heavy atom. The highest BCUT2D eigenvalue weighted by Gasteiger charge is 2.31. The molecule has 0 bridgehead atoms.